The van der Waals surface area contributed by atoms with E-state index < -0.39 is 0 Å². The van der Waals surface area contributed by atoms with E-state index in [4.69, 9.17) is 4.74 Å². The number of hydrogen-bond donors (Lipinski definition) is 0. The first-order valence-electron chi connectivity index (χ1n) is 11.2. The van der Waals surface area contributed by atoms with Crippen LogP contribution >= 0.6 is 0 Å². The molecule has 0 aromatic carbocycles. The van der Waals surface area contributed by atoms with Gasteiger partial charge in [-0.25, -0.2) is 9.97 Å². The lowest BCUT2D eigenvalue weighted by Gasteiger charge is -2.06. The van der Waals surface area contributed by atoms with E-state index in [0.717, 1.165) is 24.2 Å². The average molecular weight is 384 g/mol. The van der Waals surface area contributed by atoms with E-state index in [1.165, 1.54) is 69.8 Å². The highest BCUT2D eigenvalue weighted by Crippen LogP contribution is 2.17. The molecule has 0 amide bonds. The number of aryl methyl sites for hydroxylation is 1. The van der Waals surface area contributed by atoms with Gasteiger partial charge in [-0.05, 0) is 30.9 Å². The Bertz CT molecular complexity index is 625. The number of pyridine rings is 1. The highest BCUT2D eigenvalue weighted by atomic mass is 16.5. The van der Waals surface area contributed by atoms with Gasteiger partial charge in [-0.3, -0.25) is 4.98 Å². The van der Waals surface area contributed by atoms with Crippen molar-refractivity contribution in [3.63, 3.8) is 0 Å². The molecule has 0 N–H and O–H groups in total. The molecular formula is C24H37N3O. The maximum atomic E-state index is 5.70. The van der Waals surface area contributed by atoms with Gasteiger partial charge in [-0.1, -0.05) is 77.7 Å². The average Bonchev–Trinajstić information content (AvgIpc) is 2.74. The number of ether oxygens (including phenoxy) is 1. The number of unbranched alkanes of at least 4 members (excludes halogenated alkanes) is 9. The summed E-state index contributed by atoms with van der Waals surface area (Å²) in [6.45, 7) is 5.20. The molecule has 0 aliphatic rings. The van der Waals surface area contributed by atoms with Crippen molar-refractivity contribution in [1.29, 1.82) is 0 Å². The van der Waals surface area contributed by atoms with Crippen LogP contribution in [0.2, 0.25) is 0 Å². The predicted octanol–water partition coefficient (Wildman–Crippen LogP) is 6.79. The van der Waals surface area contributed by atoms with Crippen LogP contribution < -0.4 is 4.74 Å². The molecule has 0 unspecified atom stereocenters. The Hall–Kier alpha value is -1.97. The summed E-state index contributed by atoms with van der Waals surface area (Å²) in [6.07, 6.45) is 20.6. The predicted molar refractivity (Wildman–Crippen MR) is 117 cm³/mol. The van der Waals surface area contributed by atoms with Gasteiger partial charge in [0.1, 0.15) is 5.69 Å². The van der Waals surface area contributed by atoms with Crippen molar-refractivity contribution in [1.82, 2.24) is 15.0 Å². The molecule has 2 rings (SSSR count). The van der Waals surface area contributed by atoms with E-state index in [9.17, 15) is 0 Å². The lowest BCUT2D eigenvalue weighted by molar-refractivity contribution is 0.292. The van der Waals surface area contributed by atoms with Gasteiger partial charge in [-0.15, -0.1) is 0 Å². The Morgan fingerprint density at radius 2 is 1.32 bits per heavy atom. The van der Waals surface area contributed by atoms with E-state index in [-0.39, 0.29) is 0 Å². The van der Waals surface area contributed by atoms with Gasteiger partial charge < -0.3 is 4.74 Å². The summed E-state index contributed by atoms with van der Waals surface area (Å²) in [5.74, 6) is 0.598. The third kappa shape index (κ3) is 8.81. The van der Waals surface area contributed by atoms with Gasteiger partial charge in [0.05, 0.1) is 24.7 Å². The first-order chi connectivity index (χ1) is 13.8. The van der Waals surface area contributed by atoms with Crippen LogP contribution in [0, 0.1) is 0 Å². The van der Waals surface area contributed by atoms with Gasteiger partial charge in [0, 0.05) is 6.20 Å². The van der Waals surface area contributed by atoms with E-state index in [1.54, 1.807) is 12.4 Å². The fourth-order valence-corrected chi connectivity index (χ4v) is 3.24. The Morgan fingerprint density at radius 3 is 1.96 bits per heavy atom. The molecule has 0 saturated heterocycles. The Morgan fingerprint density at radius 1 is 0.643 bits per heavy atom. The van der Waals surface area contributed by atoms with Crippen LogP contribution in [-0.4, -0.2) is 21.6 Å². The molecule has 4 nitrogen and oxygen atoms in total. The van der Waals surface area contributed by atoms with Gasteiger partial charge in [0.25, 0.3) is 0 Å². The molecule has 0 fully saturated rings. The Balaban J connectivity index is 1.70. The second-order valence-corrected chi connectivity index (χ2v) is 7.57. The normalized spacial score (nSPS) is 10.9. The van der Waals surface area contributed by atoms with Gasteiger partial charge in [-0.2, -0.15) is 0 Å². The summed E-state index contributed by atoms with van der Waals surface area (Å²) in [4.78, 5) is 13.4. The maximum Gasteiger partial charge on any atom is 0.232 e. The quantitative estimate of drug-likeness (QED) is 0.318. The van der Waals surface area contributed by atoms with Crippen LogP contribution in [0.3, 0.4) is 0 Å². The first-order valence-corrected chi connectivity index (χ1v) is 11.2. The smallest absolute Gasteiger partial charge is 0.232 e. The van der Waals surface area contributed by atoms with Gasteiger partial charge in [0.15, 0.2) is 0 Å². The van der Waals surface area contributed by atoms with Gasteiger partial charge in [0.2, 0.25) is 5.88 Å². The third-order valence-corrected chi connectivity index (χ3v) is 5.03. The third-order valence-electron chi connectivity index (χ3n) is 5.03. The summed E-state index contributed by atoms with van der Waals surface area (Å²) in [7, 11) is 0. The fraction of sp³-hybridized carbons (Fsp3) is 0.625. The lowest BCUT2D eigenvalue weighted by Crippen LogP contribution is -2.00. The van der Waals surface area contributed by atoms with Crippen molar-refractivity contribution in [3.05, 3.63) is 36.3 Å². The number of nitrogens with zero attached hydrogens (tertiary/aromatic N) is 3. The largest absolute Gasteiger partial charge is 0.477 e. The van der Waals surface area contributed by atoms with Crippen molar-refractivity contribution >= 4 is 0 Å². The van der Waals surface area contributed by atoms with Crippen molar-refractivity contribution < 1.29 is 4.74 Å². The van der Waals surface area contributed by atoms with Crippen LogP contribution in [0.5, 0.6) is 5.88 Å². The number of rotatable bonds is 15. The van der Waals surface area contributed by atoms with Crippen molar-refractivity contribution in [2.24, 2.45) is 0 Å². The fourth-order valence-electron chi connectivity index (χ4n) is 3.24. The van der Waals surface area contributed by atoms with Crippen LogP contribution in [0.1, 0.15) is 90.0 Å². The SMILES string of the molecule is CCCCCCCCOc1cnc(-c2ccc(CCCCCCC)cn2)cn1. The minimum atomic E-state index is 0.598. The van der Waals surface area contributed by atoms with E-state index in [2.05, 4.69) is 34.9 Å². The second kappa shape index (κ2) is 14.1. The minimum Gasteiger partial charge on any atom is -0.477 e. The standard InChI is InChI=1S/C24H37N3O/c1-3-5-7-9-11-13-17-28-24-20-26-23(19-27-24)22-16-15-21(18-25-22)14-12-10-8-6-4-2/h15-16,18-20H,3-14,17H2,1-2H3. The molecule has 2 aromatic rings. The first kappa shape index (κ1) is 22.3. The van der Waals surface area contributed by atoms with Crippen LogP contribution in [-0.2, 0) is 6.42 Å². The highest BCUT2D eigenvalue weighted by molar-refractivity contribution is 5.52. The molecule has 0 atom stereocenters. The van der Waals surface area contributed by atoms with Crippen molar-refractivity contribution in [2.75, 3.05) is 6.61 Å². The van der Waals surface area contributed by atoms with Crippen LogP contribution in [0.4, 0.5) is 0 Å². The summed E-state index contributed by atoms with van der Waals surface area (Å²) in [5, 5.41) is 0. The topological polar surface area (TPSA) is 47.9 Å². The molecular weight excluding hydrogens is 346 g/mol. The highest BCUT2D eigenvalue weighted by Gasteiger charge is 2.04. The van der Waals surface area contributed by atoms with E-state index in [1.807, 2.05) is 12.3 Å². The molecule has 0 bridgehead atoms. The number of aromatic nitrogens is 3. The molecule has 28 heavy (non-hydrogen) atoms. The second-order valence-electron chi connectivity index (χ2n) is 7.57. The van der Waals surface area contributed by atoms with Gasteiger partial charge >= 0.3 is 0 Å². The molecule has 0 aliphatic carbocycles. The minimum absolute atomic E-state index is 0.598. The van der Waals surface area contributed by atoms with Crippen LogP contribution in [0.25, 0.3) is 11.4 Å². The Kier molecular flexibility index (Phi) is 11.2. The summed E-state index contributed by atoms with van der Waals surface area (Å²) in [5.41, 5.74) is 2.96. The van der Waals surface area contributed by atoms with Crippen molar-refractivity contribution in [2.45, 2.75) is 90.9 Å². The Labute approximate surface area is 171 Å². The van der Waals surface area contributed by atoms with Crippen LogP contribution in [0.15, 0.2) is 30.7 Å². The zero-order valence-corrected chi connectivity index (χ0v) is 17.8. The molecule has 4 heteroatoms. The maximum absolute atomic E-state index is 5.70. The monoisotopic (exact) mass is 383 g/mol. The van der Waals surface area contributed by atoms with E-state index in [0.29, 0.717) is 12.5 Å². The number of hydrogen-bond acceptors (Lipinski definition) is 4. The molecule has 0 aliphatic heterocycles. The zero-order chi connectivity index (χ0) is 19.9. The molecule has 2 aromatic heterocycles. The summed E-state index contributed by atoms with van der Waals surface area (Å²) < 4.78 is 5.70. The lowest BCUT2D eigenvalue weighted by atomic mass is 10.1. The zero-order valence-electron chi connectivity index (χ0n) is 17.8. The molecule has 0 spiro atoms. The molecule has 2 heterocycles. The van der Waals surface area contributed by atoms with E-state index >= 15 is 0 Å². The molecule has 0 saturated carbocycles. The summed E-state index contributed by atoms with van der Waals surface area (Å²) >= 11 is 0. The summed E-state index contributed by atoms with van der Waals surface area (Å²) in [6, 6.07) is 4.20. The molecule has 154 valence electrons. The van der Waals surface area contributed by atoms with Crippen molar-refractivity contribution in [3.8, 4) is 17.3 Å². The molecule has 0 radical (unpaired) electrons.